The third kappa shape index (κ3) is 13.9. The molecule has 21 aliphatic heterocycles. The summed E-state index contributed by atoms with van der Waals surface area (Å²) in [7, 11) is 0. The van der Waals surface area contributed by atoms with E-state index >= 15 is 0 Å². The molecule has 37 atom stereocenters. The van der Waals surface area contributed by atoms with Gasteiger partial charge >= 0.3 is 0 Å². The predicted molar refractivity (Wildman–Crippen MR) is 256 cm³/mol. The standard InChI is InChI=1S/C42H70O35.C6H12/c43-1-8-29-15(50)22(57)36(64-8)72-30-9(2-44)66-38(24(59)17(30)52)74-32-11(4-46)68-40(26(61)19(32)54)76-34-13(6-48)70-42(28(63)21(34)56)77-35-14(7-49)69-41(27(62)20(35)55)75-33-12(5-47)67-39(25(60)18(33)53)73-31-10(3-45)65-37(71-29)23(58)16(31)51;1-5-3-4-6(5)2/h8-63H,1-7H2;5-6H,3-4H2,1-2H3. The molecule has 83 heavy (non-hydrogen) atoms. The highest BCUT2D eigenvalue weighted by atomic mass is 16.8. The number of hydrogen-bond acceptors (Lipinski definition) is 35. The molecule has 0 aromatic heterocycles. The minimum atomic E-state index is -2.21. The fourth-order valence-corrected chi connectivity index (χ4v) is 11.2. The zero-order valence-electron chi connectivity index (χ0n) is 44.8. The van der Waals surface area contributed by atoms with Gasteiger partial charge in [0, 0.05) is 0 Å². The highest BCUT2D eigenvalue weighted by Crippen LogP contribution is 2.39. The first kappa shape index (κ1) is 67.5. The van der Waals surface area contributed by atoms with Gasteiger partial charge in [0.1, 0.15) is 171 Å². The SMILES string of the molecule is CC1CCC1C.OCC1OC2OC3C(CO)OC(OC4C(CO)OC(OC5C(CO)OC(OC6C(CO)OC(OC7C(CO)OC(OC8C(CO)OC(OC1C(O)C2O)C(O)C8O)C(O)C7O)C(O)C6O)C(O)C5O)C(O)C4O)C(O)C3O. The van der Waals surface area contributed by atoms with Crippen molar-refractivity contribution in [2.45, 2.75) is 242 Å². The van der Waals surface area contributed by atoms with E-state index < -0.39 is 261 Å². The van der Waals surface area contributed by atoms with Crippen molar-refractivity contribution < 1.29 is 174 Å². The van der Waals surface area contributed by atoms with Crippen LogP contribution in [0.25, 0.3) is 0 Å². The van der Waals surface area contributed by atoms with Gasteiger partial charge in [-0.1, -0.05) is 26.7 Å². The molecule has 21 N–H and O–H groups in total. The molecule has 0 aromatic carbocycles. The van der Waals surface area contributed by atoms with Crippen molar-refractivity contribution in [3.63, 3.8) is 0 Å². The second-order valence-electron chi connectivity index (χ2n) is 22.2. The fraction of sp³-hybridized carbons (Fsp3) is 1.00. The lowest BCUT2D eigenvalue weighted by Gasteiger charge is -2.50. The quantitative estimate of drug-likeness (QED) is 0.113. The smallest absolute Gasteiger partial charge is 0.187 e. The number of aliphatic hydroxyl groups excluding tert-OH is 21. The minimum absolute atomic E-state index is 1.03. The molecule has 35 nitrogen and oxygen atoms in total. The Morgan fingerprint density at radius 1 is 0.205 bits per heavy atom. The Balaban J connectivity index is 0.00000141. The molecule has 21 saturated heterocycles. The molecular formula is C48H82O35. The monoisotopic (exact) mass is 1220 g/mol. The van der Waals surface area contributed by atoms with Gasteiger partial charge in [-0.15, -0.1) is 0 Å². The highest BCUT2D eigenvalue weighted by molar-refractivity contribution is 5.02. The second kappa shape index (κ2) is 29.0. The fourth-order valence-electron chi connectivity index (χ4n) is 11.2. The van der Waals surface area contributed by atoms with Gasteiger partial charge in [0.25, 0.3) is 0 Å². The van der Waals surface area contributed by atoms with E-state index in [1.807, 2.05) is 0 Å². The molecule has 1 aliphatic carbocycles. The van der Waals surface area contributed by atoms with Crippen LogP contribution in [0.3, 0.4) is 0 Å². The van der Waals surface area contributed by atoms with Crippen molar-refractivity contribution in [3.8, 4) is 0 Å². The Morgan fingerprint density at radius 3 is 0.410 bits per heavy atom. The molecule has 37 unspecified atom stereocenters. The van der Waals surface area contributed by atoms with Crippen molar-refractivity contribution in [3.05, 3.63) is 0 Å². The van der Waals surface area contributed by atoms with E-state index in [0.29, 0.717) is 0 Å². The normalized spacial score (nSPS) is 54.6. The van der Waals surface area contributed by atoms with Gasteiger partial charge in [0.05, 0.1) is 46.2 Å². The Labute approximate surface area is 472 Å². The predicted octanol–water partition coefficient (Wildman–Crippen LogP) is -13.2. The van der Waals surface area contributed by atoms with E-state index in [1.54, 1.807) is 0 Å². The van der Waals surface area contributed by atoms with E-state index in [2.05, 4.69) is 13.8 Å². The largest absolute Gasteiger partial charge is 0.394 e. The molecule has 1 saturated carbocycles. The lowest BCUT2D eigenvalue weighted by atomic mass is 9.77. The molecule has 22 fully saturated rings. The van der Waals surface area contributed by atoms with Crippen LogP contribution >= 0.6 is 0 Å². The minimum Gasteiger partial charge on any atom is -0.394 e. The lowest BCUT2D eigenvalue weighted by Crippen LogP contribution is -2.68. The third-order valence-electron chi connectivity index (χ3n) is 16.8. The van der Waals surface area contributed by atoms with Gasteiger partial charge in [-0.2, -0.15) is 0 Å². The van der Waals surface area contributed by atoms with Crippen LogP contribution in [0, 0.1) is 11.8 Å². The van der Waals surface area contributed by atoms with Crippen LogP contribution in [0.1, 0.15) is 26.7 Å². The van der Waals surface area contributed by atoms with Gasteiger partial charge in [0.2, 0.25) is 0 Å². The number of rotatable bonds is 7. The highest BCUT2D eigenvalue weighted by Gasteiger charge is 2.59. The zero-order valence-corrected chi connectivity index (χ0v) is 44.8. The van der Waals surface area contributed by atoms with E-state index in [0.717, 1.165) is 11.8 Å². The first-order valence-corrected chi connectivity index (χ1v) is 27.4. The van der Waals surface area contributed by atoms with Crippen molar-refractivity contribution in [2.75, 3.05) is 46.2 Å². The van der Waals surface area contributed by atoms with E-state index in [9.17, 15) is 107 Å². The average Bonchev–Trinajstić information content (AvgIpc) is 3.66. The van der Waals surface area contributed by atoms with E-state index in [-0.39, 0.29) is 0 Å². The molecule has 21 heterocycles. The Bertz CT molecular complexity index is 1600. The molecule has 35 heteroatoms. The topological polar surface area (TPSA) is 554 Å². The van der Waals surface area contributed by atoms with Crippen LogP contribution in [0.5, 0.6) is 0 Å². The maximum absolute atomic E-state index is 11.3. The summed E-state index contributed by atoms with van der Waals surface area (Å²) in [5, 5.41) is 230. The summed E-state index contributed by atoms with van der Waals surface area (Å²) in [6.45, 7) is -2.67. The summed E-state index contributed by atoms with van der Waals surface area (Å²) in [6, 6.07) is 0. The van der Waals surface area contributed by atoms with Gasteiger partial charge in [0.15, 0.2) is 44.0 Å². The van der Waals surface area contributed by atoms with Gasteiger partial charge in [-0.3, -0.25) is 0 Å². The van der Waals surface area contributed by atoms with E-state index in [1.165, 1.54) is 12.8 Å². The van der Waals surface area contributed by atoms with Crippen LogP contribution in [0.2, 0.25) is 0 Å². The van der Waals surface area contributed by atoms with Gasteiger partial charge in [-0.05, 0) is 11.8 Å². The van der Waals surface area contributed by atoms with E-state index in [4.69, 9.17) is 66.3 Å². The summed E-state index contributed by atoms with van der Waals surface area (Å²) >= 11 is 0. The number of ether oxygens (including phenoxy) is 14. The molecule has 14 bridgehead atoms. The Morgan fingerprint density at radius 2 is 0.325 bits per heavy atom. The van der Waals surface area contributed by atoms with Crippen LogP contribution in [0.4, 0.5) is 0 Å². The lowest BCUT2D eigenvalue weighted by molar-refractivity contribution is -0.396. The Kier molecular flexibility index (Phi) is 23.6. The molecule has 22 rings (SSSR count). The van der Waals surface area contributed by atoms with Crippen LogP contribution in [-0.2, 0) is 66.3 Å². The van der Waals surface area contributed by atoms with Crippen LogP contribution in [-0.4, -0.2) is 368 Å². The molecule has 22 aliphatic rings. The first-order chi connectivity index (χ1) is 39.5. The zero-order chi connectivity index (χ0) is 60.6. The molecule has 484 valence electrons. The summed E-state index contributed by atoms with van der Waals surface area (Å²) in [4.78, 5) is 0. The summed E-state index contributed by atoms with van der Waals surface area (Å²) in [6.07, 6.45) is -67.3. The maximum Gasteiger partial charge on any atom is 0.187 e. The summed E-state index contributed by atoms with van der Waals surface area (Å²) in [5.41, 5.74) is 0. The molecular weight excluding hydrogens is 1140 g/mol. The first-order valence-electron chi connectivity index (χ1n) is 27.4. The molecule has 0 spiro atoms. The summed E-state index contributed by atoms with van der Waals surface area (Å²) in [5.74, 6) is 2.06. The average molecular weight is 1220 g/mol. The van der Waals surface area contributed by atoms with Gasteiger partial charge in [-0.25, -0.2) is 0 Å². The van der Waals surface area contributed by atoms with Crippen molar-refractivity contribution in [1.29, 1.82) is 0 Å². The van der Waals surface area contributed by atoms with Crippen molar-refractivity contribution >= 4 is 0 Å². The third-order valence-corrected chi connectivity index (χ3v) is 16.8. The van der Waals surface area contributed by atoms with Crippen molar-refractivity contribution in [2.24, 2.45) is 11.8 Å². The summed E-state index contributed by atoms with van der Waals surface area (Å²) < 4.78 is 79.5. The van der Waals surface area contributed by atoms with Crippen LogP contribution in [0.15, 0.2) is 0 Å². The molecule has 0 aromatic rings. The van der Waals surface area contributed by atoms with Crippen molar-refractivity contribution in [1.82, 2.24) is 0 Å². The number of hydrogen-bond donors (Lipinski definition) is 21. The molecule has 0 radical (unpaired) electrons. The van der Waals surface area contributed by atoms with Crippen LogP contribution < -0.4 is 0 Å². The maximum atomic E-state index is 11.3. The number of aliphatic hydroxyl groups is 21. The second-order valence-corrected chi connectivity index (χ2v) is 22.2. The Hall–Kier alpha value is -1.40. The van der Waals surface area contributed by atoms with Gasteiger partial charge < -0.3 is 174 Å². The molecule has 0 amide bonds.